The van der Waals surface area contributed by atoms with Gasteiger partial charge in [-0.3, -0.25) is 4.79 Å². The average Bonchev–Trinajstić information content (AvgIpc) is 3.22. The number of thiazole rings is 1. The summed E-state index contributed by atoms with van der Waals surface area (Å²) in [6, 6.07) is 7.47. The molecule has 3 rings (SSSR count). The topological polar surface area (TPSA) is 95.5 Å². The minimum Gasteiger partial charge on any atom is -0.497 e. The maximum Gasteiger partial charge on any atom is 0.270 e. The standard InChI is InChI=1S/C16H20N4O3S/c1-23-12-4-2-11(3-5-12)19-16-20-13(9-24-16)15(22)18-7-10-6-17-8-14(10)21/h2-5,9-10,14,17,21H,6-8H2,1H3,(H,18,22)(H,19,20). The van der Waals surface area contributed by atoms with Crippen molar-refractivity contribution in [3.05, 3.63) is 35.3 Å². The summed E-state index contributed by atoms with van der Waals surface area (Å²) >= 11 is 1.37. The summed E-state index contributed by atoms with van der Waals surface area (Å²) in [5.74, 6) is 0.598. The Morgan fingerprint density at radius 3 is 2.88 bits per heavy atom. The van der Waals surface area contributed by atoms with Gasteiger partial charge in [0.25, 0.3) is 5.91 Å². The van der Waals surface area contributed by atoms with Crippen LogP contribution in [0, 0.1) is 5.92 Å². The van der Waals surface area contributed by atoms with Gasteiger partial charge in [-0.25, -0.2) is 4.98 Å². The molecule has 1 saturated heterocycles. The number of aromatic nitrogens is 1. The molecular weight excluding hydrogens is 328 g/mol. The Hall–Kier alpha value is -2.16. The second-order valence-electron chi connectivity index (χ2n) is 5.59. The number of rotatable bonds is 6. The number of benzene rings is 1. The van der Waals surface area contributed by atoms with E-state index in [9.17, 15) is 9.90 Å². The fourth-order valence-electron chi connectivity index (χ4n) is 2.48. The lowest BCUT2D eigenvalue weighted by molar-refractivity contribution is 0.0923. The monoisotopic (exact) mass is 348 g/mol. The zero-order chi connectivity index (χ0) is 16.9. The third-order valence-corrected chi connectivity index (χ3v) is 4.66. The number of carbonyl (C=O) groups is 1. The smallest absolute Gasteiger partial charge is 0.270 e. The minimum atomic E-state index is -0.409. The van der Waals surface area contributed by atoms with Crippen molar-refractivity contribution in [3.8, 4) is 5.75 Å². The molecule has 0 saturated carbocycles. The van der Waals surface area contributed by atoms with Crippen molar-refractivity contribution in [2.24, 2.45) is 5.92 Å². The van der Waals surface area contributed by atoms with Crippen LogP contribution in [0.1, 0.15) is 10.5 Å². The van der Waals surface area contributed by atoms with E-state index in [1.807, 2.05) is 24.3 Å². The van der Waals surface area contributed by atoms with Crippen LogP contribution in [0.4, 0.5) is 10.8 Å². The van der Waals surface area contributed by atoms with Crippen LogP contribution < -0.4 is 20.7 Å². The maximum absolute atomic E-state index is 12.1. The van der Waals surface area contributed by atoms with Gasteiger partial charge in [-0.15, -0.1) is 11.3 Å². The second kappa shape index (κ2) is 7.61. The molecule has 0 spiro atoms. The van der Waals surface area contributed by atoms with E-state index in [0.29, 0.717) is 30.5 Å². The summed E-state index contributed by atoms with van der Waals surface area (Å²) < 4.78 is 5.12. The molecule has 128 valence electrons. The quantitative estimate of drug-likeness (QED) is 0.627. The number of anilines is 2. The number of β-amino-alcohol motifs (C(OH)–C–C–N with tert-alkyl or cyclic N) is 1. The second-order valence-corrected chi connectivity index (χ2v) is 6.45. The van der Waals surface area contributed by atoms with Gasteiger partial charge in [0, 0.05) is 36.6 Å². The average molecular weight is 348 g/mol. The van der Waals surface area contributed by atoms with Crippen molar-refractivity contribution in [2.45, 2.75) is 6.10 Å². The Morgan fingerprint density at radius 2 is 2.21 bits per heavy atom. The molecule has 0 bridgehead atoms. The highest BCUT2D eigenvalue weighted by atomic mass is 32.1. The van der Waals surface area contributed by atoms with Crippen LogP contribution in [-0.4, -0.2) is 48.8 Å². The van der Waals surface area contributed by atoms with Gasteiger partial charge in [0.1, 0.15) is 11.4 Å². The fraction of sp³-hybridized carbons (Fsp3) is 0.375. The number of methoxy groups -OCH3 is 1. The Labute approximate surface area is 144 Å². The first kappa shape index (κ1) is 16.7. The van der Waals surface area contributed by atoms with Crippen LogP contribution in [0.2, 0.25) is 0 Å². The lowest BCUT2D eigenvalue weighted by Crippen LogP contribution is -2.34. The number of ether oxygens (including phenoxy) is 1. The highest BCUT2D eigenvalue weighted by Crippen LogP contribution is 2.22. The van der Waals surface area contributed by atoms with Gasteiger partial charge in [-0.1, -0.05) is 0 Å². The van der Waals surface area contributed by atoms with E-state index in [2.05, 4.69) is 20.9 Å². The van der Waals surface area contributed by atoms with Gasteiger partial charge in [0.15, 0.2) is 5.13 Å². The van der Waals surface area contributed by atoms with Gasteiger partial charge in [0.05, 0.1) is 13.2 Å². The van der Waals surface area contributed by atoms with Crippen LogP contribution in [0.5, 0.6) is 5.75 Å². The van der Waals surface area contributed by atoms with Gasteiger partial charge < -0.3 is 25.8 Å². The van der Waals surface area contributed by atoms with E-state index in [-0.39, 0.29) is 11.8 Å². The zero-order valence-electron chi connectivity index (χ0n) is 13.3. The third-order valence-electron chi connectivity index (χ3n) is 3.91. The molecule has 1 aromatic carbocycles. The highest BCUT2D eigenvalue weighted by molar-refractivity contribution is 7.14. The van der Waals surface area contributed by atoms with Crippen molar-refractivity contribution in [1.82, 2.24) is 15.6 Å². The summed E-state index contributed by atoms with van der Waals surface area (Å²) in [6.45, 7) is 1.72. The molecule has 0 radical (unpaired) electrons. The molecule has 1 aromatic heterocycles. The molecular formula is C16H20N4O3S. The van der Waals surface area contributed by atoms with Gasteiger partial charge in [-0.05, 0) is 24.3 Å². The summed E-state index contributed by atoms with van der Waals surface area (Å²) in [5.41, 5.74) is 1.24. The van der Waals surface area contributed by atoms with E-state index in [1.54, 1.807) is 12.5 Å². The van der Waals surface area contributed by atoms with Crippen LogP contribution in [0.15, 0.2) is 29.6 Å². The van der Waals surface area contributed by atoms with Crippen LogP contribution in [0.3, 0.4) is 0 Å². The van der Waals surface area contributed by atoms with Crippen molar-refractivity contribution in [1.29, 1.82) is 0 Å². The Bertz CT molecular complexity index is 689. The molecule has 1 aliphatic heterocycles. The number of hydrogen-bond acceptors (Lipinski definition) is 7. The number of hydrogen-bond donors (Lipinski definition) is 4. The normalized spacial score (nSPS) is 19.9. The predicted octanol–water partition coefficient (Wildman–Crippen LogP) is 1.21. The Balaban J connectivity index is 1.54. The van der Waals surface area contributed by atoms with Crippen LogP contribution in [-0.2, 0) is 0 Å². The van der Waals surface area contributed by atoms with Crippen molar-refractivity contribution >= 4 is 28.1 Å². The molecule has 1 fully saturated rings. The Morgan fingerprint density at radius 1 is 1.42 bits per heavy atom. The fourth-order valence-corrected chi connectivity index (χ4v) is 3.19. The number of nitrogens with zero attached hydrogens (tertiary/aromatic N) is 1. The number of nitrogens with one attached hydrogen (secondary N) is 3. The van der Waals surface area contributed by atoms with Crippen molar-refractivity contribution in [3.63, 3.8) is 0 Å². The SMILES string of the molecule is COc1ccc(Nc2nc(C(=O)NCC3CNCC3O)cs2)cc1. The van der Waals surface area contributed by atoms with Crippen molar-refractivity contribution < 1.29 is 14.6 Å². The van der Waals surface area contributed by atoms with Crippen LogP contribution in [0.25, 0.3) is 0 Å². The largest absolute Gasteiger partial charge is 0.497 e. The first-order valence-electron chi connectivity index (χ1n) is 7.69. The number of aliphatic hydroxyl groups is 1. The van der Waals surface area contributed by atoms with E-state index >= 15 is 0 Å². The lowest BCUT2D eigenvalue weighted by Gasteiger charge is -2.13. The van der Waals surface area contributed by atoms with E-state index in [0.717, 1.165) is 11.4 Å². The molecule has 8 heteroatoms. The molecule has 2 unspecified atom stereocenters. The van der Waals surface area contributed by atoms with E-state index in [1.165, 1.54) is 11.3 Å². The highest BCUT2D eigenvalue weighted by Gasteiger charge is 2.25. The number of amides is 1. The summed E-state index contributed by atoms with van der Waals surface area (Å²) in [7, 11) is 1.62. The number of aliphatic hydroxyl groups excluding tert-OH is 1. The van der Waals surface area contributed by atoms with Gasteiger partial charge >= 0.3 is 0 Å². The molecule has 4 N–H and O–H groups in total. The molecule has 7 nitrogen and oxygen atoms in total. The van der Waals surface area contributed by atoms with Gasteiger partial charge in [-0.2, -0.15) is 0 Å². The van der Waals surface area contributed by atoms with E-state index < -0.39 is 6.10 Å². The van der Waals surface area contributed by atoms with Crippen LogP contribution >= 0.6 is 11.3 Å². The van der Waals surface area contributed by atoms with Gasteiger partial charge in [0.2, 0.25) is 0 Å². The zero-order valence-corrected chi connectivity index (χ0v) is 14.1. The summed E-state index contributed by atoms with van der Waals surface area (Å²) in [4.78, 5) is 16.4. The lowest BCUT2D eigenvalue weighted by atomic mass is 10.1. The summed E-state index contributed by atoms with van der Waals surface area (Å²) in [5, 5.41) is 21.2. The molecule has 1 amide bonds. The summed E-state index contributed by atoms with van der Waals surface area (Å²) in [6.07, 6.45) is -0.409. The molecule has 2 heterocycles. The number of carbonyl (C=O) groups excluding carboxylic acids is 1. The third kappa shape index (κ3) is 4.02. The predicted molar refractivity (Wildman–Crippen MR) is 93.1 cm³/mol. The Kier molecular flexibility index (Phi) is 5.29. The molecule has 2 atom stereocenters. The molecule has 24 heavy (non-hydrogen) atoms. The van der Waals surface area contributed by atoms with E-state index in [4.69, 9.17) is 4.74 Å². The first-order valence-corrected chi connectivity index (χ1v) is 8.57. The van der Waals surface area contributed by atoms with Crippen molar-refractivity contribution in [2.75, 3.05) is 32.1 Å². The minimum absolute atomic E-state index is 0.0458. The molecule has 0 aliphatic carbocycles. The first-order chi connectivity index (χ1) is 11.7. The maximum atomic E-state index is 12.1. The molecule has 2 aromatic rings. The molecule has 1 aliphatic rings.